The molecule has 2 heterocycles. The van der Waals surface area contributed by atoms with E-state index in [2.05, 4.69) is 0 Å². The Kier molecular flexibility index (Phi) is 1.56. The van der Waals surface area contributed by atoms with Crippen LogP contribution in [-0.4, -0.2) is 23.1 Å². The Bertz CT molecular complexity index is 235. The van der Waals surface area contributed by atoms with E-state index in [1.54, 1.807) is 0 Å². The highest BCUT2D eigenvalue weighted by atomic mass is 16.5. The average molecular weight is 170 g/mol. The first kappa shape index (κ1) is 7.58. The molecule has 0 amide bonds. The molecule has 0 aromatic heterocycles. The van der Waals surface area contributed by atoms with Gasteiger partial charge < -0.3 is 9.84 Å². The molecule has 3 fully saturated rings. The van der Waals surface area contributed by atoms with Gasteiger partial charge in [0.25, 0.3) is 0 Å². The number of ether oxygens (including phenoxy) is 1. The first-order chi connectivity index (χ1) is 5.68. The first-order valence-corrected chi connectivity index (χ1v) is 4.12. The summed E-state index contributed by atoms with van der Waals surface area (Å²) in [6, 6.07) is 0. The second-order valence-corrected chi connectivity index (χ2v) is 3.42. The van der Waals surface area contributed by atoms with E-state index in [9.17, 15) is 9.59 Å². The van der Waals surface area contributed by atoms with Crippen molar-refractivity contribution in [3.05, 3.63) is 0 Å². The van der Waals surface area contributed by atoms with Crippen LogP contribution >= 0.6 is 0 Å². The molecular weight excluding hydrogens is 160 g/mol. The van der Waals surface area contributed by atoms with Gasteiger partial charge in [-0.2, -0.15) is 0 Å². The Hall–Kier alpha value is -1.06. The normalized spacial score (nSPS) is 39.3. The number of aliphatic carboxylic acids is 1. The summed E-state index contributed by atoms with van der Waals surface area (Å²) in [7, 11) is 0. The van der Waals surface area contributed by atoms with Gasteiger partial charge >= 0.3 is 11.9 Å². The second-order valence-electron chi connectivity index (χ2n) is 3.42. The molecule has 0 aromatic carbocycles. The zero-order chi connectivity index (χ0) is 8.72. The largest absolute Gasteiger partial charge is 0.481 e. The smallest absolute Gasteiger partial charge is 0.310 e. The number of fused-ring (bicyclic) bond motifs is 3. The second kappa shape index (κ2) is 2.47. The van der Waals surface area contributed by atoms with Crippen molar-refractivity contribution in [1.82, 2.24) is 0 Å². The highest BCUT2D eigenvalue weighted by Gasteiger charge is 2.46. The fourth-order valence-corrected chi connectivity index (χ4v) is 2.05. The van der Waals surface area contributed by atoms with Gasteiger partial charge in [-0.1, -0.05) is 0 Å². The number of hydrogen-bond acceptors (Lipinski definition) is 3. The van der Waals surface area contributed by atoms with Crippen LogP contribution in [0.2, 0.25) is 0 Å². The highest BCUT2D eigenvalue weighted by Crippen LogP contribution is 2.38. The molecule has 4 heteroatoms. The van der Waals surface area contributed by atoms with Crippen LogP contribution in [0.25, 0.3) is 0 Å². The topological polar surface area (TPSA) is 63.6 Å². The van der Waals surface area contributed by atoms with Crippen LogP contribution in [0.3, 0.4) is 0 Å². The van der Waals surface area contributed by atoms with Gasteiger partial charge in [0.05, 0.1) is 11.8 Å². The molecule has 4 nitrogen and oxygen atoms in total. The molecule has 12 heavy (non-hydrogen) atoms. The van der Waals surface area contributed by atoms with E-state index in [1.807, 2.05) is 0 Å². The van der Waals surface area contributed by atoms with Crippen LogP contribution in [0.5, 0.6) is 0 Å². The molecule has 3 atom stereocenters. The number of rotatable bonds is 1. The molecule has 3 aliphatic rings. The van der Waals surface area contributed by atoms with Crippen LogP contribution in [0.15, 0.2) is 0 Å². The molecule has 1 aliphatic carbocycles. The molecule has 2 bridgehead atoms. The summed E-state index contributed by atoms with van der Waals surface area (Å²) in [4.78, 5) is 21.8. The van der Waals surface area contributed by atoms with Crippen molar-refractivity contribution in [3.63, 3.8) is 0 Å². The van der Waals surface area contributed by atoms with Crippen LogP contribution in [0.1, 0.15) is 19.3 Å². The lowest BCUT2D eigenvalue weighted by atomic mass is 9.75. The minimum Gasteiger partial charge on any atom is -0.481 e. The molecule has 1 N–H and O–H groups in total. The summed E-state index contributed by atoms with van der Waals surface area (Å²) in [5.41, 5.74) is 0. The lowest BCUT2D eigenvalue weighted by molar-refractivity contribution is -0.181. The maximum absolute atomic E-state index is 11.1. The summed E-state index contributed by atoms with van der Waals surface area (Å²) in [5, 5.41) is 8.77. The van der Waals surface area contributed by atoms with Gasteiger partial charge in [0.1, 0.15) is 6.10 Å². The van der Waals surface area contributed by atoms with E-state index in [0.29, 0.717) is 12.8 Å². The number of esters is 1. The Balaban J connectivity index is 2.19. The van der Waals surface area contributed by atoms with E-state index in [1.165, 1.54) is 0 Å². The zero-order valence-electron chi connectivity index (χ0n) is 6.53. The maximum atomic E-state index is 11.1. The van der Waals surface area contributed by atoms with Crippen LogP contribution < -0.4 is 0 Å². The van der Waals surface area contributed by atoms with Crippen molar-refractivity contribution in [2.24, 2.45) is 11.8 Å². The molecule has 0 aromatic rings. The monoisotopic (exact) mass is 170 g/mol. The van der Waals surface area contributed by atoms with Crippen LogP contribution in [0, 0.1) is 11.8 Å². The Morgan fingerprint density at radius 3 is 2.67 bits per heavy atom. The predicted molar refractivity (Wildman–Crippen MR) is 38.3 cm³/mol. The van der Waals surface area contributed by atoms with Crippen molar-refractivity contribution >= 4 is 11.9 Å². The Morgan fingerprint density at radius 1 is 1.50 bits per heavy atom. The summed E-state index contributed by atoms with van der Waals surface area (Å²) in [6.07, 6.45) is 1.88. The lowest BCUT2D eigenvalue weighted by Crippen LogP contribution is -2.46. The van der Waals surface area contributed by atoms with E-state index in [-0.39, 0.29) is 18.0 Å². The number of carboxylic acids is 1. The lowest BCUT2D eigenvalue weighted by Gasteiger charge is -2.38. The third-order valence-electron chi connectivity index (χ3n) is 2.70. The van der Waals surface area contributed by atoms with Gasteiger partial charge in [0.2, 0.25) is 0 Å². The van der Waals surface area contributed by atoms with E-state index < -0.39 is 11.9 Å². The fourth-order valence-electron chi connectivity index (χ4n) is 2.05. The minimum absolute atomic E-state index is 0.136. The highest BCUT2D eigenvalue weighted by molar-refractivity contribution is 5.82. The SMILES string of the molecule is O=C(O)C1CC2CCC1C(=O)O2. The van der Waals surface area contributed by atoms with E-state index in [4.69, 9.17) is 9.84 Å². The third-order valence-corrected chi connectivity index (χ3v) is 2.70. The summed E-state index contributed by atoms with van der Waals surface area (Å²) in [5.74, 6) is -2.05. The molecule has 3 rings (SSSR count). The molecule has 3 unspecified atom stereocenters. The Labute approximate surface area is 69.5 Å². The number of carbonyl (C=O) groups excluding carboxylic acids is 1. The molecule has 0 radical (unpaired) electrons. The zero-order valence-corrected chi connectivity index (χ0v) is 6.53. The number of carbonyl (C=O) groups is 2. The third kappa shape index (κ3) is 0.983. The van der Waals surface area contributed by atoms with Crippen molar-refractivity contribution in [2.45, 2.75) is 25.4 Å². The minimum atomic E-state index is -0.860. The molecule has 1 saturated carbocycles. The van der Waals surface area contributed by atoms with Gasteiger partial charge in [-0.05, 0) is 19.3 Å². The maximum Gasteiger partial charge on any atom is 0.310 e. The van der Waals surface area contributed by atoms with Crippen molar-refractivity contribution in [3.8, 4) is 0 Å². The molecule has 66 valence electrons. The van der Waals surface area contributed by atoms with Gasteiger partial charge in [-0.3, -0.25) is 9.59 Å². The van der Waals surface area contributed by atoms with Crippen LogP contribution in [-0.2, 0) is 14.3 Å². The molecule has 2 aliphatic heterocycles. The van der Waals surface area contributed by atoms with Gasteiger partial charge in [0, 0.05) is 0 Å². The van der Waals surface area contributed by atoms with Crippen molar-refractivity contribution in [1.29, 1.82) is 0 Å². The number of carboxylic acid groups (broad SMARTS) is 1. The van der Waals surface area contributed by atoms with Gasteiger partial charge in [-0.15, -0.1) is 0 Å². The molecule has 0 spiro atoms. The fraction of sp³-hybridized carbons (Fsp3) is 0.750. The molecular formula is C8H10O4. The Morgan fingerprint density at radius 2 is 2.25 bits per heavy atom. The number of hydrogen-bond donors (Lipinski definition) is 1. The standard InChI is InChI=1S/C8H10O4/c9-7(10)6-3-4-1-2-5(6)8(11)12-4/h4-6H,1-3H2,(H,9,10). The quantitative estimate of drug-likeness (QED) is 0.579. The van der Waals surface area contributed by atoms with Crippen molar-refractivity contribution in [2.75, 3.05) is 0 Å². The van der Waals surface area contributed by atoms with Crippen molar-refractivity contribution < 1.29 is 19.4 Å². The van der Waals surface area contributed by atoms with Gasteiger partial charge in [-0.25, -0.2) is 0 Å². The summed E-state index contributed by atoms with van der Waals surface area (Å²) < 4.78 is 4.96. The summed E-state index contributed by atoms with van der Waals surface area (Å²) >= 11 is 0. The van der Waals surface area contributed by atoms with E-state index in [0.717, 1.165) is 6.42 Å². The first-order valence-electron chi connectivity index (χ1n) is 4.12. The van der Waals surface area contributed by atoms with Gasteiger partial charge in [0.15, 0.2) is 0 Å². The summed E-state index contributed by atoms with van der Waals surface area (Å²) in [6.45, 7) is 0. The van der Waals surface area contributed by atoms with E-state index >= 15 is 0 Å². The van der Waals surface area contributed by atoms with Crippen LogP contribution in [0.4, 0.5) is 0 Å². The molecule has 2 saturated heterocycles. The average Bonchev–Trinajstić information content (AvgIpc) is 2.04. The predicted octanol–water partition coefficient (Wildman–Crippen LogP) is 0.413.